The minimum atomic E-state index is 0.543. The van der Waals surface area contributed by atoms with Crippen molar-refractivity contribution >= 4 is 5.52 Å². The highest BCUT2D eigenvalue weighted by molar-refractivity contribution is 5.51. The van der Waals surface area contributed by atoms with Gasteiger partial charge in [-0.05, 0) is 13.0 Å². The monoisotopic (exact) mass is 177 g/mol. The van der Waals surface area contributed by atoms with E-state index in [1.807, 2.05) is 23.7 Å². The normalized spacial score (nSPS) is 10.9. The number of methoxy groups -OCH3 is 1. The van der Waals surface area contributed by atoms with Crippen LogP contribution in [0, 0.1) is 6.92 Å². The topological polar surface area (TPSA) is 39.4 Å². The molecule has 4 nitrogen and oxygen atoms in total. The van der Waals surface area contributed by atoms with E-state index < -0.39 is 0 Å². The Kier molecular flexibility index (Phi) is 1.98. The van der Waals surface area contributed by atoms with Gasteiger partial charge in [-0.2, -0.15) is 5.10 Å². The predicted octanol–water partition coefficient (Wildman–Crippen LogP) is 1.18. The third-order valence-corrected chi connectivity index (χ3v) is 1.93. The summed E-state index contributed by atoms with van der Waals surface area (Å²) in [5.74, 6) is 0. The van der Waals surface area contributed by atoms with Crippen molar-refractivity contribution < 1.29 is 4.74 Å². The Balaban J connectivity index is 2.55. The number of hydrogen-bond acceptors (Lipinski definition) is 3. The van der Waals surface area contributed by atoms with E-state index >= 15 is 0 Å². The predicted molar refractivity (Wildman–Crippen MR) is 48.4 cm³/mol. The van der Waals surface area contributed by atoms with E-state index in [4.69, 9.17) is 4.74 Å². The molecule has 0 amide bonds. The van der Waals surface area contributed by atoms with Crippen LogP contribution in [0.2, 0.25) is 0 Å². The van der Waals surface area contributed by atoms with Gasteiger partial charge in [0.05, 0.1) is 23.5 Å². The van der Waals surface area contributed by atoms with Gasteiger partial charge in [0.25, 0.3) is 0 Å². The molecular formula is C9H11N3O. The number of rotatable bonds is 2. The lowest BCUT2D eigenvalue weighted by atomic mass is 10.3. The molecule has 0 bridgehead atoms. The van der Waals surface area contributed by atoms with Crippen LogP contribution < -0.4 is 0 Å². The highest BCUT2D eigenvalue weighted by atomic mass is 16.5. The first-order chi connectivity index (χ1) is 6.31. The number of aryl methyl sites for hydroxylation is 1. The zero-order chi connectivity index (χ0) is 9.26. The molecule has 0 aliphatic rings. The molecule has 0 spiro atoms. The van der Waals surface area contributed by atoms with Crippen molar-refractivity contribution in [2.45, 2.75) is 13.5 Å². The van der Waals surface area contributed by atoms with Gasteiger partial charge in [-0.15, -0.1) is 0 Å². The summed E-state index contributed by atoms with van der Waals surface area (Å²) in [7, 11) is 1.66. The molecule has 0 radical (unpaired) electrons. The molecule has 0 fully saturated rings. The third kappa shape index (κ3) is 1.40. The zero-order valence-electron chi connectivity index (χ0n) is 7.69. The van der Waals surface area contributed by atoms with E-state index in [9.17, 15) is 0 Å². The molecule has 68 valence electrons. The number of nitrogens with zero attached hydrogens (tertiary/aromatic N) is 3. The van der Waals surface area contributed by atoms with Gasteiger partial charge in [-0.3, -0.25) is 4.98 Å². The van der Waals surface area contributed by atoms with Crippen molar-refractivity contribution in [3.63, 3.8) is 0 Å². The first kappa shape index (κ1) is 8.19. The van der Waals surface area contributed by atoms with Crippen molar-refractivity contribution in [1.29, 1.82) is 0 Å². The summed E-state index contributed by atoms with van der Waals surface area (Å²) in [5.41, 5.74) is 2.95. The van der Waals surface area contributed by atoms with Gasteiger partial charge in [0.1, 0.15) is 0 Å². The maximum absolute atomic E-state index is 5.00. The quantitative estimate of drug-likeness (QED) is 0.691. The van der Waals surface area contributed by atoms with Crippen LogP contribution >= 0.6 is 0 Å². The fourth-order valence-electron chi connectivity index (χ4n) is 1.32. The Morgan fingerprint density at radius 3 is 3.08 bits per heavy atom. The Labute approximate surface area is 76.2 Å². The van der Waals surface area contributed by atoms with E-state index in [1.165, 1.54) is 0 Å². The molecule has 2 heterocycles. The lowest BCUT2D eigenvalue weighted by molar-refractivity contribution is 0.181. The van der Waals surface area contributed by atoms with Crippen LogP contribution in [0.15, 0.2) is 18.5 Å². The highest BCUT2D eigenvalue weighted by Gasteiger charge is 2.02. The van der Waals surface area contributed by atoms with Crippen LogP contribution in [0.25, 0.3) is 5.52 Å². The molecule has 4 heteroatoms. The molecule has 2 rings (SSSR count). The van der Waals surface area contributed by atoms with Gasteiger partial charge in [-0.25, -0.2) is 4.52 Å². The van der Waals surface area contributed by atoms with Gasteiger partial charge in [-0.1, -0.05) is 0 Å². The number of aromatic nitrogens is 3. The molecule has 0 aliphatic heterocycles. The van der Waals surface area contributed by atoms with Crippen LogP contribution in [0.4, 0.5) is 0 Å². The lowest BCUT2D eigenvalue weighted by Gasteiger charge is -1.93. The Morgan fingerprint density at radius 1 is 1.54 bits per heavy atom. The summed E-state index contributed by atoms with van der Waals surface area (Å²) in [4.78, 5) is 4.18. The summed E-state index contributed by atoms with van der Waals surface area (Å²) >= 11 is 0. The molecule has 0 saturated heterocycles. The molecule has 2 aromatic rings. The molecule has 0 atom stereocenters. The maximum atomic E-state index is 5.00. The van der Waals surface area contributed by atoms with Crippen LogP contribution in [-0.4, -0.2) is 21.7 Å². The van der Waals surface area contributed by atoms with Crippen molar-refractivity contribution in [2.24, 2.45) is 0 Å². The van der Waals surface area contributed by atoms with Gasteiger partial charge >= 0.3 is 0 Å². The zero-order valence-corrected chi connectivity index (χ0v) is 7.69. The van der Waals surface area contributed by atoms with E-state index in [0.717, 1.165) is 16.9 Å². The first-order valence-electron chi connectivity index (χ1n) is 4.10. The minimum absolute atomic E-state index is 0.543. The molecular weight excluding hydrogens is 166 g/mol. The average Bonchev–Trinajstić information content (AvgIpc) is 2.49. The Hall–Kier alpha value is -1.42. The summed E-state index contributed by atoms with van der Waals surface area (Å²) in [5, 5.41) is 4.31. The smallest absolute Gasteiger partial charge is 0.0903 e. The maximum Gasteiger partial charge on any atom is 0.0903 e. The minimum Gasteiger partial charge on any atom is -0.378 e. The summed E-state index contributed by atoms with van der Waals surface area (Å²) in [6.45, 7) is 2.51. The van der Waals surface area contributed by atoms with E-state index in [1.54, 1.807) is 13.3 Å². The van der Waals surface area contributed by atoms with Gasteiger partial charge in [0.2, 0.25) is 0 Å². The average molecular weight is 177 g/mol. The fourth-order valence-corrected chi connectivity index (χ4v) is 1.32. The third-order valence-electron chi connectivity index (χ3n) is 1.93. The molecule has 13 heavy (non-hydrogen) atoms. The standard InChI is InChI=1S/C9H11N3O/c1-7-9-5-8(6-13-2)11-12(9)4-3-10-7/h3-5H,6H2,1-2H3. The second-order valence-corrected chi connectivity index (χ2v) is 2.91. The van der Waals surface area contributed by atoms with Crippen molar-refractivity contribution in [1.82, 2.24) is 14.6 Å². The van der Waals surface area contributed by atoms with Gasteiger partial charge < -0.3 is 4.74 Å². The second-order valence-electron chi connectivity index (χ2n) is 2.91. The van der Waals surface area contributed by atoms with E-state index in [-0.39, 0.29) is 0 Å². The highest BCUT2D eigenvalue weighted by Crippen LogP contribution is 2.09. The number of ether oxygens (including phenoxy) is 1. The number of fused-ring (bicyclic) bond motifs is 1. The molecule has 0 unspecified atom stereocenters. The second kappa shape index (κ2) is 3.14. The van der Waals surface area contributed by atoms with Crippen LogP contribution in [-0.2, 0) is 11.3 Å². The first-order valence-corrected chi connectivity index (χ1v) is 4.10. The Bertz CT molecular complexity index is 422. The molecule has 0 N–H and O–H groups in total. The van der Waals surface area contributed by atoms with Crippen LogP contribution in [0.1, 0.15) is 11.4 Å². The van der Waals surface area contributed by atoms with Gasteiger partial charge in [0.15, 0.2) is 0 Å². The van der Waals surface area contributed by atoms with E-state index in [0.29, 0.717) is 6.61 Å². The lowest BCUT2D eigenvalue weighted by Crippen LogP contribution is -1.92. The summed E-state index contributed by atoms with van der Waals surface area (Å²) < 4.78 is 6.82. The Morgan fingerprint density at radius 2 is 2.38 bits per heavy atom. The van der Waals surface area contributed by atoms with Crippen molar-refractivity contribution in [2.75, 3.05) is 7.11 Å². The fraction of sp³-hybridized carbons (Fsp3) is 0.333. The molecule has 2 aromatic heterocycles. The summed E-state index contributed by atoms with van der Waals surface area (Å²) in [6, 6.07) is 1.99. The summed E-state index contributed by atoms with van der Waals surface area (Å²) in [6.07, 6.45) is 3.58. The molecule has 0 aromatic carbocycles. The molecule has 0 saturated carbocycles. The van der Waals surface area contributed by atoms with Gasteiger partial charge in [0, 0.05) is 19.5 Å². The van der Waals surface area contributed by atoms with E-state index in [2.05, 4.69) is 10.1 Å². The largest absolute Gasteiger partial charge is 0.378 e. The number of hydrogen-bond donors (Lipinski definition) is 0. The SMILES string of the molecule is COCc1cc2c(C)nccn2n1. The molecule has 0 aliphatic carbocycles. The van der Waals surface area contributed by atoms with Crippen LogP contribution in [0.5, 0.6) is 0 Å². The van der Waals surface area contributed by atoms with Crippen LogP contribution in [0.3, 0.4) is 0 Å². The van der Waals surface area contributed by atoms with Crippen molar-refractivity contribution in [3.8, 4) is 0 Å². The van der Waals surface area contributed by atoms with Crippen molar-refractivity contribution in [3.05, 3.63) is 29.8 Å².